The normalized spacial score (nSPS) is 10.4. The van der Waals surface area contributed by atoms with E-state index >= 15 is 0 Å². The highest BCUT2D eigenvalue weighted by atomic mass is 16.5. The fourth-order valence-corrected chi connectivity index (χ4v) is 1.78. The average Bonchev–Trinajstić information content (AvgIpc) is 2.85. The van der Waals surface area contributed by atoms with Crippen LogP contribution >= 0.6 is 0 Å². The molecule has 1 aromatic heterocycles. The number of ether oxygens (including phenoxy) is 2. The van der Waals surface area contributed by atoms with E-state index < -0.39 is 0 Å². The lowest BCUT2D eigenvalue weighted by Crippen LogP contribution is -2.09. The van der Waals surface area contributed by atoms with Crippen molar-refractivity contribution in [2.24, 2.45) is 0 Å². The minimum absolute atomic E-state index is 0.0979. The van der Waals surface area contributed by atoms with Crippen LogP contribution in [0, 0.1) is 6.92 Å². The zero-order valence-corrected chi connectivity index (χ0v) is 11.0. The maximum Gasteiger partial charge on any atom is 0.200 e. The molecule has 19 heavy (non-hydrogen) atoms. The van der Waals surface area contributed by atoms with E-state index in [-0.39, 0.29) is 5.78 Å². The van der Waals surface area contributed by atoms with Gasteiger partial charge in [0, 0.05) is 7.11 Å². The number of carbonyl (C=O) groups is 1. The van der Waals surface area contributed by atoms with E-state index in [9.17, 15) is 4.79 Å². The first-order valence-electron chi connectivity index (χ1n) is 6.03. The molecule has 2 rings (SSSR count). The number of methoxy groups -OCH3 is 1. The van der Waals surface area contributed by atoms with Gasteiger partial charge in [0.2, 0.25) is 0 Å². The van der Waals surface area contributed by atoms with Crippen LogP contribution in [-0.2, 0) is 4.74 Å². The predicted octanol–water partition coefficient (Wildman–Crippen LogP) is 2.84. The molecule has 0 aliphatic rings. The highest BCUT2D eigenvalue weighted by molar-refractivity contribution is 6.11. The van der Waals surface area contributed by atoms with Crippen molar-refractivity contribution in [3.8, 4) is 5.75 Å². The van der Waals surface area contributed by atoms with E-state index in [1.165, 1.54) is 6.26 Å². The van der Waals surface area contributed by atoms with Gasteiger partial charge in [0.25, 0.3) is 0 Å². The number of ketones is 1. The number of para-hydroxylation sites is 1. The zero-order chi connectivity index (χ0) is 13.7. The van der Waals surface area contributed by atoms with Crippen molar-refractivity contribution in [1.82, 2.24) is 0 Å². The lowest BCUT2D eigenvalue weighted by Gasteiger charge is -2.10. The van der Waals surface area contributed by atoms with Gasteiger partial charge >= 0.3 is 0 Å². The van der Waals surface area contributed by atoms with E-state index in [0.717, 1.165) is 0 Å². The molecule has 0 N–H and O–H groups in total. The van der Waals surface area contributed by atoms with Crippen LogP contribution in [-0.4, -0.2) is 26.1 Å². The van der Waals surface area contributed by atoms with Crippen molar-refractivity contribution in [1.29, 1.82) is 0 Å². The number of rotatable bonds is 6. The summed E-state index contributed by atoms with van der Waals surface area (Å²) in [5.41, 5.74) is 1.09. The highest BCUT2D eigenvalue weighted by Gasteiger charge is 2.17. The third-order valence-electron chi connectivity index (χ3n) is 2.78. The van der Waals surface area contributed by atoms with Crippen LogP contribution in [0.5, 0.6) is 5.75 Å². The average molecular weight is 260 g/mol. The van der Waals surface area contributed by atoms with Gasteiger partial charge in [-0.2, -0.15) is 0 Å². The Kier molecular flexibility index (Phi) is 4.36. The van der Waals surface area contributed by atoms with Crippen molar-refractivity contribution in [2.75, 3.05) is 20.3 Å². The van der Waals surface area contributed by atoms with Gasteiger partial charge in [-0.25, -0.2) is 0 Å². The molecule has 2 aromatic rings. The second-order valence-electron chi connectivity index (χ2n) is 4.06. The molecule has 0 atom stereocenters. The van der Waals surface area contributed by atoms with E-state index in [1.807, 2.05) is 12.1 Å². The molecule has 4 nitrogen and oxygen atoms in total. The van der Waals surface area contributed by atoms with Gasteiger partial charge in [-0.15, -0.1) is 0 Å². The van der Waals surface area contributed by atoms with Crippen LogP contribution < -0.4 is 4.74 Å². The van der Waals surface area contributed by atoms with E-state index in [4.69, 9.17) is 13.9 Å². The summed E-state index contributed by atoms with van der Waals surface area (Å²) in [4.78, 5) is 12.4. The minimum Gasteiger partial charge on any atom is -0.490 e. The molecule has 0 radical (unpaired) electrons. The van der Waals surface area contributed by atoms with Crippen molar-refractivity contribution >= 4 is 5.78 Å². The van der Waals surface area contributed by atoms with Crippen molar-refractivity contribution in [3.05, 3.63) is 53.5 Å². The molecule has 4 heteroatoms. The van der Waals surface area contributed by atoms with E-state index in [1.54, 1.807) is 32.2 Å². The lowest BCUT2D eigenvalue weighted by atomic mass is 10.0. The molecule has 100 valence electrons. The summed E-state index contributed by atoms with van der Waals surface area (Å²) in [7, 11) is 1.61. The minimum atomic E-state index is -0.0979. The van der Waals surface area contributed by atoms with Crippen LogP contribution in [0.3, 0.4) is 0 Å². The molecule has 1 aromatic carbocycles. The molecule has 0 fully saturated rings. The van der Waals surface area contributed by atoms with Gasteiger partial charge in [0.05, 0.1) is 24.0 Å². The lowest BCUT2D eigenvalue weighted by molar-refractivity contribution is 0.102. The second-order valence-corrected chi connectivity index (χ2v) is 4.06. The van der Waals surface area contributed by atoms with Crippen LogP contribution in [0.2, 0.25) is 0 Å². The maximum atomic E-state index is 12.4. The third kappa shape index (κ3) is 3.03. The van der Waals surface area contributed by atoms with E-state index in [0.29, 0.717) is 35.9 Å². The summed E-state index contributed by atoms with van der Waals surface area (Å²) in [6.45, 7) is 2.65. The first kappa shape index (κ1) is 13.4. The molecule has 1 heterocycles. The molecular formula is C15H16O4. The maximum absolute atomic E-state index is 12.4. The fourth-order valence-electron chi connectivity index (χ4n) is 1.78. The first-order chi connectivity index (χ1) is 9.24. The Bertz CT molecular complexity index is 557. The molecule has 0 saturated heterocycles. The Morgan fingerprint density at radius 3 is 2.63 bits per heavy atom. The first-order valence-corrected chi connectivity index (χ1v) is 6.03. The van der Waals surface area contributed by atoms with Crippen LogP contribution in [0.4, 0.5) is 0 Å². The summed E-state index contributed by atoms with van der Waals surface area (Å²) in [5.74, 6) is 1.07. The standard InChI is InChI=1S/C15H16O4/c1-11-12(7-8-18-11)15(16)13-5-3-4-6-14(13)19-10-9-17-2/h3-8H,9-10H2,1-2H3. The predicted molar refractivity (Wildman–Crippen MR) is 70.7 cm³/mol. The van der Waals surface area contributed by atoms with Crippen LogP contribution in [0.25, 0.3) is 0 Å². The van der Waals surface area contributed by atoms with Crippen molar-refractivity contribution in [3.63, 3.8) is 0 Å². The molecule has 0 bridgehead atoms. The van der Waals surface area contributed by atoms with E-state index in [2.05, 4.69) is 0 Å². The zero-order valence-electron chi connectivity index (χ0n) is 11.0. The number of hydrogen-bond acceptors (Lipinski definition) is 4. The number of aryl methyl sites for hydroxylation is 1. The summed E-state index contributed by atoms with van der Waals surface area (Å²) in [6, 6.07) is 8.84. The highest BCUT2D eigenvalue weighted by Crippen LogP contribution is 2.23. The molecule has 0 aliphatic carbocycles. The molecule has 0 aliphatic heterocycles. The summed E-state index contributed by atoms with van der Waals surface area (Å²) in [6.07, 6.45) is 1.51. The second kappa shape index (κ2) is 6.20. The monoisotopic (exact) mass is 260 g/mol. The Hall–Kier alpha value is -2.07. The SMILES string of the molecule is COCCOc1ccccc1C(=O)c1ccoc1C. The van der Waals surface area contributed by atoms with Crippen LogP contribution in [0.1, 0.15) is 21.7 Å². The van der Waals surface area contributed by atoms with Crippen molar-refractivity contribution in [2.45, 2.75) is 6.92 Å². The van der Waals surface area contributed by atoms with Gasteiger partial charge in [-0.3, -0.25) is 4.79 Å². The van der Waals surface area contributed by atoms with Crippen molar-refractivity contribution < 1.29 is 18.7 Å². The summed E-state index contributed by atoms with van der Waals surface area (Å²) in [5, 5.41) is 0. The smallest absolute Gasteiger partial charge is 0.200 e. The molecule has 0 amide bonds. The topological polar surface area (TPSA) is 48.7 Å². The Morgan fingerprint density at radius 2 is 1.95 bits per heavy atom. The number of hydrogen-bond donors (Lipinski definition) is 0. The third-order valence-corrected chi connectivity index (χ3v) is 2.78. The molecule has 0 spiro atoms. The summed E-state index contributed by atoms with van der Waals surface area (Å²) >= 11 is 0. The van der Waals surface area contributed by atoms with Crippen LogP contribution in [0.15, 0.2) is 41.0 Å². The van der Waals surface area contributed by atoms with Gasteiger partial charge in [0.1, 0.15) is 18.1 Å². The quantitative estimate of drug-likeness (QED) is 0.592. The molecule has 0 unspecified atom stereocenters. The summed E-state index contributed by atoms with van der Waals surface area (Å²) < 4.78 is 15.7. The van der Waals surface area contributed by atoms with Gasteiger partial charge < -0.3 is 13.9 Å². The number of furan rings is 1. The Balaban J connectivity index is 2.24. The Labute approximate surface area is 111 Å². The molecule has 0 saturated carbocycles. The molecular weight excluding hydrogens is 244 g/mol. The Morgan fingerprint density at radius 1 is 1.16 bits per heavy atom. The fraction of sp³-hybridized carbons (Fsp3) is 0.267. The number of carbonyl (C=O) groups excluding carboxylic acids is 1. The largest absolute Gasteiger partial charge is 0.490 e. The van der Waals surface area contributed by atoms with Gasteiger partial charge in [0.15, 0.2) is 5.78 Å². The van der Waals surface area contributed by atoms with Gasteiger partial charge in [-0.1, -0.05) is 12.1 Å². The van der Waals surface area contributed by atoms with Gasteiger partial charge in [-0.05, 0) is 25.1 Å². The number of benzene rings is 1.